The molecule has 1 aliphatic heterocycles. The third kappa shape index (κ3) is 3.13. The van der Waals surface area contributed by atoms with E-state index < -0.39 is 5.69 Å². The molecular formula is C17H21N3O2. The molecule has 1 fully saturated rings. The van der Waals surface area contributed by atoms with Gasteiger partial charge >= 0.3 is 5.69 Å². The maximum atomic E-state index is 11.9. The number of piperidine rings is 1. The van der Waals surface area contributed by atoms with Gasteiger partial charge in [0.15, 0.2) is 0 Å². The summed E-state index contributed by atoms with van der Waals surface area (Å²) in [6, 6.07) is 8.37. The molecular weight excluding hydrogens is 278 g/mol. The first-order chi connectivity index (χ1) is 10.6. The van der Waals surface area contributed by atoms with E-state index in [1.165, 1.54) is 24.9 Å². The zero-order chi connectivity index (χ0) is 15.5. The minimum Gasteiger partial charge on any atom is -0.372 e. The fourth-order valence-electron chi connectivity index (χ4n) is 3.02. The molecule has 22 heavy (non-hydrogen) atoms. The smallest absolute Gasteiger partial charge is 0.325 e. The number of nitrogens with zero attached hydrogens (tertiary/aromatic N) is 1. The Morgan fingerprint density at radius 3 is 2.32 bits per heavy atom. The van der Waals surface area contributed by atoms with Gasteiger partial charge in [0.25, 0.3) is 5.56 Å². The molecule has 0 bridgehead atoms. The molecule has 1 aliphatic rings. The van der Waals surface area contributed by atoms with Crippen molar-refractivity contribution in [3.63, 3.8) is 0 Å². The lowest BCUT2D eigenvalue weighted by Crippen LogP contribution is -2.29. The van der Waals surface area contributed by atoms with E-state index in [2.05, 4.69) is 39.1 Å². The van der Waals surface area contributed by atoms with Crippen molar-refractivity contribution in [2.75, 3.05) is 18.0 Å². The number of hydrogen-bond acceptors (Lipinski definition) is 3. The molecule has 116 valence electrons. The summed E-state index contributed by atoms with van der Waals surface area (Å²) in [4.78, 5) is 30.5. The van der Waals surface area contributed by atoms with Crippen LogP contribution in [0, 0.1) is 6.92 Å². The molecule has 5 heteroatoms. The largest absolute Gasteiger partial charge is 0.372 e. The lowest BCUT2D eigenvalue weighted by Gasteiger charge is -2.28. The standard InChI is InChI=1S/C17H21N3O2/c1-12-15(16(21)19-17(22)18-12)11-13-5-7-14(8-6-13)20-9-3-2-4-10-20/h5-8H,2-4,9-11H2,1H3,(H2,18,19,21,22). The van der Waals surface area contributed by atoms with E-state index in [0.717, 1.165) is 18.7 Å². The zero-order valence-electron chi connectivity index (χ0n) is 12.8. The number of hydrogen-bond donors (Lipinski definition) is 2. The number of H-pyrrole nitrogens is 2. The summed E-state index contributed by atoms with van der Waals surface area (Å²) in [5, 5.41) is 0. The molecule has 1 aromatic carbocycles. The summed E-state index contributed by atoms with van der Waals surface area (Å²) in [6.45, 7) is 4.00. The molecule has 0 unspecified atom stereocenters. The van der Waals surface area contributed by atoms with Crippen LogP contribution in [-0.4, -0.2) is 23.1 Å². The lowest BCUT2D eigenvalue weighted by molar-refractivity contribution is 0.578. The topological polar surface area (TPSA) is 69.0 Å². The average Bonchev–Trinajstić information content (AvgIpc) is 2.52. The summed E-state index contributed by atoms with van der Waals surface area (Å²) in [5.41, 5.74) is 2.81. The maximum absolute atomic E-state index is 11.9. The number of nitrogens with one attached hydrogen (secondary N) is 2. The van der Waals surface area contributed by atoms with Crippen molar-refractivity contribution in [2.24, 2.45) is 0 Å². The molecule has 2 aromatic rings. The van der Waals surface area contributed by atoms with Crippen LogP contribution in [0.15, 0.2) is 33.9 Å². The molecule has 0 atom stereocenters. The number of benzene rings is 1. The molecule has 2 N–H and O–H groups in total. The molecule has 0 saturated carbocycles. The van der Waals surface area contributed by atoms with Crippen molar-refractivity contribution < 1.29 is 0 Å². The van der Waals surface area contributed by atoms with Gasteiger partial charge in [0.1, 0.15) is 0 Å². The van der Waals surface area contributed by atoms with E-state index >= 15 is 0 Å². The zero-order valence-corrected chi connectivity index (χ0v) is 12.8. The van der Waals surface area contributed by atoms with Crippen LogP contribution in [0.4, 0.5) is 5.69 Å². The maximum Gasteiger partial charge on any atom is 0.325 e. The summed E-state index contributed by atoms with van der Waals surface area (Å²) in [7, 11) is 0. The second kappa shape index (κ2) is 6.22. The highest BCUT2D eigenvalue weighted by molar-refractivity contribution is 5.48. The van der Waals surface area contributed by atoms with Crippen LogP contribution in [0.2, 0.25) is 0 Å². The van der Waals surface area contributed by atoms with Crippen LogP contribution >= 0.6 is 0 Å². The van der Waals surface area contributed by atoms with Crippen LogP contribution < -0.4 is 16.1 Å². The molecule has 2 heterocycles. The third-order valence-corrected chi connectivity index (χ3v) is 4.29. The first kappa shape index (κ1) is 14.6. The van der Waals surface area contributed by atoms with Gasteiger partial charge in [-0.25, -0.2) is 4.79 Å². The number of aromatic nitrogens is 2. The number of anilines is 1. The van der Waals surface area contributed by atoms with Gasteiger partial charge < -0.3 is 9.88 Å². The Kier molecular flexibility index (Phi) is 4.13. The Hall–Kier alpha value is -2.30. The third-order valence-electron chi connectivity index (χ3n) is 4.29. The molecule has 1 saturated heterocycles. The molecule has 0 spiro atoms. The van der Waals surface area contributed by atoms with Gasteiger partial charge in [-0.05, 0) is 43.9 Å². The highest BCUT2D eigenvalue weighted by atomic mass is 16.2. The number of aryl methyl sites for hydroxylation is 1. The minimum absolute atomic E-state index is 0.304. The van der Waals surface area contributed by atoms with Gasteiger partial charge in [-0.15, -0.1) is 0 Å². The SMILES string of the molecule is Cc1[nH]c(=O)[nH]c(=O)c1Cc1ccc(N2CCCCC2)cc1. The monoisotopic (exact) mass is 299 g/mol. The van der Waals surface area contributed by atoms with Crippen molar-refractivity contribution in [2.45, 2.75) is 32.6 Å². The van der Waals surface area contributed by atoms with Crippen LogP contribution in [0.5, 0.6) is 0 Å². The number of aromatic amines is 2. The van der Waals surface area contributed by atoms with E-state index in [9.17, 15) is 9.59 Å². The van der Waals surface area contributed by atoms with E-state index in [4.69, 9.17) is 0 Å². The van der Waals surface area contributed by atoms with Gasteiger partial charge in [0.2, 0.25) is 0 Å². The Labute approximate surface area is 129 Å². The molecule has 3 rings (SSSR count). The fraction of sp³-hybridized carbons (Fsp3) is 0.412. The van der Waals surface area contributed by atoms with Gasteiger partial charge in [-0.1, -0.05) is 12.1 Å². The van der Waals surface area contributed by atoms with Crippen LogP contribution in [-0.2, 0) is 6.42 Å². The summed E-state index contributed by atoms with van der Waals surface area (Å²) >= 11 is 0. The van der Waals surface area contributed by atoms with Crippen LogP contribution in [0.1, 0.15) is 36.1 Å². The summed E-state index contributed by atoms with van der Waals surface area (Å²) in [6.07, 6.45) is 4.36. The molecule has 0 aliphatic carbocycles. The van der Waals surface area contributed by atoms with E-state index in [1.54, 1.807) is 6.92 Å². The molecule has 5 nitrogen and oxygen atoms in total. The average molecular weight is 299 g/mol. The Bertz CT molecular complexity index is 753. The van der Waals surface area contributed by atoms with Crippen LogP contribution in [0.25, 0.3) is 0 Å². The second-order valence-corrected chi connectivity index (χ2v) is 5.90. The highest BCUT2D eigenvalue weighted by Gasteiger charge is 2.11. The summed E-state index contributed by atoms with van der Waals surface area (Å²) in [5.74, 6) is 0. The first-order valence-electron chi connectivity index (χ1n) is 7.79. The summed E-state index contributed by atoms with van der Waals surface area (Å²) < 4.78 is 0. The molecule has 0 amide bonds. The van der Waals surface area contributed by atoms with Gasteiger partial charge in [-0.2, -0.15) is 0 Å². The van der Waals surface area contributed by atoms with Crippen molar-refractivity contribution >= 4 is 5.69 Å². The van der Waals surface area contributed by atoms with Crippen molar-refractivity contribution in [3.05, 3.63) is 61.9 Å². The highest BCUT2D eigenvalue weighted by Crippen LogP contribution is 2.21. The Balaban J connectivity index is 1.79. The second-order valence-electron chi connectivity index (χ2n) is 5.90. The molecule has 0 radical (unpaired) electrons. The predicted octanol–water partition coefficient (Wildman–Crippen LogP) is 1.95. The lowest BCUT2D eigenvalue weighted by atomic mass is 10.0. The van der Waals surface area contributed by atoms with Gasteiger partial charge in [-0.3, -0.25) is 9.78 Å². The van der Waals surface area contributed by atoms with Crippen molar-refractivity contribution in [1.82, 2.24) is 9.97 Å². The Morgan fingerprint density at radius 1 is 1.00 bits per heavy atom. The fourth-order valence-corrected chi connectivity index (χ4v) is 3.02. The van der Waals surface area contributed by atoms with E-state index in [0.29, 0.717) is 17.7 Å². The normalized spacial score (nSPS) is 15.0. The first-order valence-corrected chi connectivity index (χ1v) is 7.79. The van der Waals surface area contributed by atoms with Crippen molar-refractivity contribution in [3.8, 4) is 0 Å². The Morgan fingerprint density at radius 2 is 1.68 bits per heavy atom. The quantitative estimate of drug-likeness (QED) is 0.910. The molecule has 1 aromatic heterocycles. The predicted molar refractivity (Wildman–Crippen MR) is 87.7 cm³/mol. The van der Waals surface area contributed by atoms with E-state index in [1.807, 2.05) is 0 Å². The van der Waals surface area contributed by atoms with Gasteiger partial charge in [0, 0.05) is 36.5 Å². The van der Waals surface area contributed by atoms with Crippen molar-refractivity contribution in [1.29, 1.82) is 0 Å². The van der Waals surface area contributed by atoms with Gasteiger partial charge in [0.05, 0.1) is 0 Å². The van der Waals surface area contributed by atoms with Crippen LogP contribution in [0.3, 0.4) is 0 Å². The number of rotatable bonds is 3. The van der Waals surface area contributed by atoms with E-state index in [-0.39, 0.29) is 5.56 Å². The minimum atomic E-state index is -0.452.